The summed E-state index contributed by atoms with van der Waals surface area (Å²) < 4.78 is 1.04. The second kappa shape index (κ2) is 4.34. The maximum absolute atomic E-state index is 11.9. The highest BCUT2D eigenvalue weighted by Crippen LogP contribution is 2.20. The molecule has 1 aromatic carbocycles. The molecule has 1 fully saturated rings. The van der Waals surface area contributed by atoms with E-state index in [2.05, 4.69) is 27.7 Å². The number of carbonyl (C=O) groups excluding carboxylic acids is 2. The summed E-state index contributed by atoms with van der Waals surface area (Å²) in [5, 5.41) is 6.23. The average molecular weight is 355 g/mol. The molecule has 2 aromatic rings. The van der Waals surface area contributed by atoms with Crippen LogP contribution < -0.4 is 5.01 Å². The van der Waals surface area contributed by atoms with E-state index in [1.807, 2.05) is 18.2 Å². The van der Waals surface area contributed by atoms with Crippen LogP contribution in [0.5, 0.6) is 0 Å². The number of amides is 2. The van der Waals surface area contributed by atoms with E-state index in [9.17, 15) is 9.59 Å². The molecule has 6 heteroatoms. The number of hydrogen-bond acceptors (Lipinski definition) is 3. The highest BCUT2D eigenvalue weighted by Gasteiger charge is 2.29. The van der Waals surface area contributed by atoms with E-state index in [1.165, 1.54) is 4.79 Å². The fraction of sp³-hybridized carbons (Fsp3) is 0.250. The maximum atomic E-state index is 11.9. The van der Waals surface area contributed by atoms with Gasteiger partial charge in [-0.25, -0.2) is 0 Å². The summed E-state index contributed by atoms with van der Waals surface area (Å²) in [6.07, 6.45) is 3.10. The van der Waals surface area contributed by atoms with E-state index < -0.39 is 0 Å². The van der Waals surface area contributed by atoms with Crippen LogP contribution in [-0.2, 0) is 9.59 Å². The number of rotatable bonds is 1. The molecule has 0 aliphatic carbocycles. The Hall–Kier alpha value is -1.44. The molecule has 92 valence electrons. The van der Waals surface area contributed by atoms with Gasteiger partial charge in [-0.2, -0.15) is 14.9 Å². The molecule has 0 radical (unpaired) electrons. The van der Waals surface area contributed by atoms with Gasteiger partial charge in [0.15, 0.2) is 0 Å². The number of nitrogens with zero attached hydrogens (tertiary/aromatic N) is 3. The summed E-state index contributed by atoms with van der Waals surface area (Å²) in [6, 6.07) is 5.81. The van der Waals surface area contributed by atoms with E-state index in [0.717, 1.165) is 19.5 Å². The quantitative estimate of drug-likeness (QED) is 0.579. The van der Waals surface area contributed by atoms with Crippen LogP contribution in [0, 0.1) is 3.57 Å². The van der Waals surface area contributed by atoms with Crippen molar-refractivity contribution in [2.45, 2.75) is 19.3 Å². The minimum Gasteiger partial charge on any atom is -0.272 e. The molecule has 0 atom stereocenters. The van der Waals surface area contributed by atoms with Gasteiger partial charge in [-0.1, -0.05) is 6.07 Å². The smallest absolute Gasteiger partial charge is 0.249 e. The Labute approximate surface area is 117 Å². The highest BCUT2D eigenvalue weighted by molar-refractivity contribution is 14.1. The van der Waals surface area contributed by atoms with Crippen molar-refractivity contribution in [3.8, 4) is 0 Å². The molecule has 1 aliphatic heterocycles. The van der Waals surface area contributed by atoms with Crippen LogP contribution in [0.2, 0.25) is 0 Å². The number of piperidine rings is 1. The summed E-state index contributed by atoms with van der Waals surface area (Å²) in [4.78, 5) is 25.2. The maximum Gasteiger partial charge on any atom is 0.249 e. The van der Waals surface area contributed by atoms with Crippen molar-refractivity contribution in [1.29, 1.82) is 0 Å². The first kappa shape index (κ1) is 11.6. The van der Waals surface area contributed by atoms with E-state index >= 15 is 0 Å². The molecule has 0 N–H and O–H groups in total. The van der Waals surface area contributed by atoms with Crippen molar-refractivity contribution in [1.82, 2.24) is 9.89 Å². The molecule has 1 aromatic heterocycles. The summed E-state index contributed by atoms with van der Waals surface area (Å²) in [6.45, 7) is 0. The van der Waals surface area contributed by atoms with Gasteiger partial charge in [0, 0.05) is 21.8 Å². The number of imide groups is 1. The molecule has 0 saturated carbocycles. The van der Waals surface area contributed by atoms with Gasteiger partial charge in [0.05, 0.1) is 11.7 Å². The first-order chi connectivity index (χ1) is 8.66. The van der Waals surface area contributed by atoms with Gasteiger partial charge in [-0.05, 0) is 41.1 Å². The minimum atomic E-state index is -0.185. The van der Waals surface area contributed by atoms with Crippen LogP contribution in [0.3, 0.4) is 0 Å². The van der Waals surface area contributed by atoms with Crippen molar-refractivity contribution in [2.75, 3.05) is 5.01 Å². The lowest BCUT2D eigenvalue weighted by Gasteiger charge is -2.24. The molecule has 1 aliphatic rings. The van der Waals surface area contributed by atoms with Gasteiger partial charge in [-0.15, -0.1) is 0 Å². The van der Waals surface area contributed by atoms with E-state index in [-0.39, 0.29) is 11.8 Å². The van der Waals surface area contributed by atoms with Crippen LogP contribution in [0.4, 0.5) is 0 Å². The Balaban J connectivity index is 2.16. The first-order valence-electron chi connectivity index (χ1n) is 5.66. The third kappa shape index (κ3) is 1.80. The standard InChI is InChI=1S/C12H10IN3O2/c13-9-5-4-8-7-14-16(10(8)6-9)15-11(17)2-1-3-12(15)18/h4-7H,1-3H2. The number of fused-ring (bicyclic) bond motifs is 1. The largest absolute Gasteiger partial charge is 0.272 e. The van der Waals surface area contributed by atoms with Gasteiger partial charge < -0.3 is 0 Å². The lowest BCUT2D eigenvalue weighted by atomic mass is 10.1. The Bertz CT molecular complexity index is 634. The molecule has 5 nitrogen and oxygen atoms in total. The molecule has 0 bridgehead atoms. The van der Waals surface area contributed by atoms with Crippen LogP contribution >= 0.6 is 22.6 Å². The average Bonchev–Trinajstić information content (AvgIpc) is 2.72. The van der Waals surface area contributed by atoms with Crippen LogP contribution in [-0.4, -0.2) is 21.7 Å². The summed E-state index contributed by atoms with van der Waals surface area (Å²) in [7, 11) is 0. The second-order valence-corrected chi connectivity index (χ2v) is 5.44. The Morgan fingerprint density at radius 1 is 1.17 bits per heavy atom. The van der Waals surface area contributed by atoms with Crippen LogP contribution in [0.25, 0.3) is 10.9 Å². The number of carbonyl (C=O) groups is 2. The van der Waals surface area contributed by atoms with Gasteiger partial charge in [-0.3, -0.25) is 9.59 Å². The molecule has 3 rings (SSSR count). The zero-order valence-corrected chi connectivity index (χ0v) is 11.6. The third-order valence-electron chi connectivity index (χ3n) is 2.96. The molecule has 18 heavy (non-hydrogen) atoms. The predicted octanol–water partition coefficient (Wildman–Crippen LogP) is 1.82. The Morgan fingerprint density at radius 2 is 1.89 bits per heavy atom. The van der Waals surface area contributed by atoms with Gasteiger partial charge in [0.25, 0.3) is 0 Å². The Morgan fingerprint density at radius 3 is 2.61 bits per heavy atom. The Kier molecular flexibility index (Phi) is 2.81. The summed E-state index contributed by atoms with van der Waals surface area (Å²) in [5.41, 5.74) is 0.783. The van der Waals surface area contributed by atoms with Crippen molar-refractivity contribution >= 4 is 45.3 Å². The fourth-order valence-corrected chi connectivity index (χ4v) is 2.57. The number of aromatic nitrogens is 2. The molecular weight excluding hydrogens is 345 g/mol. The van der Waals surface area contributed by atoms with Gasteiger partial charge in [0.2, 0.25) is 11.8 Å². The molecular formula is C12H10IN3O2. The highest BCUT2D eigenvalue weighted by atomic mass is 127. The summed E-state index contributed by atoms with van der Waals surface area (Å²) in [5.74, 6) is -0.370. The van der Waals surface area contributed by atoms with Gasteiger partial charge >= 0.3 is 0 Å². The van der Waals surface area contributed by atoms with Crippen molar-refractivity contribution in [3.63, 3.8) is 0 Å². The third-order valence-corrected chi connectivity index (χ3v) is 3.63. The zero-order valence-electron chi connectivity index (χ0n) is 9.47. The zero-order chi connectivity index (χ0) is 12.7. The van der Waals surface area contributed by atoms with E-state index in [0.29, 0.717) is 19.3 Å². The molecule has 1 saturated heterocycles. The van der Waals surface area contributed by atoms with Crippen LogP contribution in [0.1, 0.15) is 19.3 Å². The van der Waals surface area contributed by atoms with Gasteiger partial charge in [0.1, 0.15) is 0 Å². The first-order valence-corrected chi connectivity index (χ1v) is 6.74. The fourth-order valence-electron chi connectivity index (χ4n) is 2.09. The number of halogens is 1. The molecule has 2 heterocycles. The van der Waals surface area contributed by atoms with E-state index in [4.69, 9.17) is 0 Å². The predicted molar refractivity (Wildman–Crippen MR) is 74.5 cm³/mol. The SMILES string of the molecule is O=C1CCCC(=O)N1n1ncc2ccc(I)cc21. The topological polar surface area (TPSA) is 55.2 Å². The van der Waals surface area contributed by atoms with Crippen molar-refractivity contribution < 1.29 is 9.59 Å². The lowest BCUT2D eigenvalue weighted by Crippen LogP contribution is -2.48. The van der Waals surface area contributed by atoms with E-state index in [1.54, 1.807) is 6.20 Å². The molecule has 2 amide bonds. The normalized spacial score (nSPS) is 16.6. The monoisotopic (exact) mass is 355 g/mol. The van der Waals surface area contributed by atoms with Crippen molar-refractivity contribution in [2.24, 2.45) is 0 Å². The number of hydrogen-bond donors (Lipinski definition) is 0. The summed E-state index contributed by atoms with van der Waals surface area (Å²) >= 11 is 2.19. The second-order valence-electron chi connectivity index (χ2n) is 4.19. The lowest BCUT2D eigenvalue weighted by molar-refractivity contribution is -0.131. The number of benzene rings is 1. The van der Waals surface area contributed by atoms with Crippen LogP contribution in [0.15, 0.2) is 24.4 Å². The minimum absolute atomic E-state index is 0.185. The van der Waals surface area contributed by atoms with Crippen molar-refractivity contribution in [3.05, 3.63) is 28.0 Å². The molecule has 0 unspecified atom stereocenters. The molecule has 0 spiro atoms.